The Morgan fingerprint density at radius 2 is 2.27 bits per heavy atom. The zero-order valence-electron chi connectivity index (χ0n) is 12.5. The number of amides is 1. The summed E-state index contributed by atoms with van der Waals surface area (Å²) >= 11 is 0. The van der Waals surface area contributed by atoms with Crippen molar-refractivity contribution >= 4 is 5.91 Å². The zero-order valence-corrected chi connectivity index (χ0v) is 12.5. The number of nitrogens with one attached hydrogen (secondary N) is 1. The van der Waals surface area contributed by atoms with Gasteiger partial charge in [-0.3, -0.25) is 14.9 Å². The van der Waals surface area contributed by atoms with Crippen LogP contribution in [0, 0.1) is 19.7 Å². The average molecular weight is 304 g/mol. The number of hydrogen-bond donors (Lipinski definition) is 1. The Labute approximate surface area is 127 Å². The molecule has 1 atom stereocenters. The number of aryl methyl sites for hydroxylation is 2. The zero-order chi connectivity index (χ0) is 15.7. The first kappa shape index (κ1) is 14.6. The molecule has 0 aromatic carbocycles. The van der Waals surface area contributed by atoms with Crippen LogP contribution >= 0.6 is 0 Å². The monoisotopic (exact) mass is 304 g/mol. The van der Waals surface area contributed by atoms with Crippen LogP contribution < -0.4 is 0 Å². The maximum Gasteiger partial charge on any atom is 0.256 e. The second-order valence-corrected chi connectivity index (χ2v) is 5.33. The molecule has 0 radical (unpaired) electrons. The van der Waals surface area contributed by atoms with Crippen molar-refractivity contribution in [3.05, 3.63) is 46.8 Å². The summed E-state index contributed by atoms with van der Waals surface area (Å²) in [5.74, 6) is -0.772. The highest BCUT2D eigenvalue weighted by atomic mass is 19.1. The molecule has 1 amide bonds. The smallest absolute Gasteiger partial charge is 0.256 e. The summed E-state index contributed by atoms with van der Waals surface area (Å²) in [6.45, 7) is 5.11. The van der Waals surface area contributed by atoms with E-state index in [1.54, 1.807) is 4.90 Å². The molecule has 1 aliphatic rings. The second-order valence-electron chi connectivity index (χ2n) is 5.33. The van der Waals surface area contributed by atoms with E-state index in [-0.39, 0.29) is 17.5 Å². The van der Waals surface area contributed by atoms with E-state index in [2.05, 4.69) is 15.2 Å². The Kier molecular flexibility index (Phi) is 3.89. The van der Waals surface area contributed by atoms with Gasteiger partial charge in [-0.25, -0.2) is 4.39 Å². The summed E-state index contributed by atoms with van der Waals surface area (Å²) in [5, 5.41) is 7.11. The molecule has 2 aromatic heterocycles. The number of H-pyrrole nitrogens is 1. The van der Waals surface area contributed by atoms with Crippen LogP contribution in [-0.2, 0) is 4.74 Å². The Morgan fingerprint density at radius 1 is 1.45 bits per heavy atom. The number of rotatable bonds is 2. The van der Waals surface area contributed by atoms with Crippen LogP contribution in [0.1, 0.15) is 33.4 Å². The van der Waals surface area contributed by atoms with Gasteiger partial charge in [-0.2, -0.15) is 5.10 Å². The molecule has 2 aromatic rings. The third kappa shape index (κ3) is 2.59. The number of morpholine rings is 1. The number of aromatic nitrogens is 3. The summed E-state index contributed by atoms with van der Waals surface area (Å²) in [5.41, 5.74) is 2.94. The van der Waals surface area contributed by atoms with Crippen LogP contribution in [0.3, 0.4) is 0 Å². The summed E-state index contributed by atoms with van der Waals surface area (Å²) in [4.78, 5) is 18.2. The van der Waals surface area contributed by atoms with Crippen molar-refractivity contribution < 1.29 is 13.9 Å². The van der Waals surface area contributed by atoms with Gasteiger partial charge in [0.15, 0.2) is 0 Å². The van der Waals surface area contributed by atoms with Gasteiger partial charge >= 0.3 is 0 Å². The fourth-order valence-electron chi connectivity index (χ4n) is 2.83. The van der Waals surface area contributed by atoms with Crippen LogP contribution in [-0.4, -0.2) is 45.7 Å². The van der Waals surface area contributed by atoms with Gasteiger partial charge < -0.3 is 9.64 Å². The first-order chi connectivity index (χ1) is 10.6. The molecule has 0 saturated carbocycles. The molecule has 6 nitrogen and oxygen atoms in total. The van der Waals surface area contributed by atoms with E-state index in [0.717, 1.165) is 23.1 Å². The van der Waals surface area contributed by atoms with Crippen LogP contribution in [0.5, 0.6) is 0 Å². The molecule has 1 saturated heterocycles. The Balaban J connectivity index is 1.95. The summed E-state index contributed by atoms with van der Waals surface area (Å²) in [7, 11) is 0. The van der Waals surface area contributed by atoms with Gasteiger partial charge in [0.25, 0.3) is 5.91 Å². The van der Waals surface area contributed by atoms with Gasteiger partial charge in [0, 0.05) is 24.0 Å². The number of aromatic amines is 1. The SMILES string of the molecule is Cc1n[nH]c(C)c1C1COCCN1C(=O)c1cncc(F)c1. The van der Waals surface area contributed by atoms with E-state index >= 15 is 0 Å². The van der Waals surface area contributed by atoms with Gasteiger partial charge in [0.2, 0.25) is 0 Å². The predicted octanol–water partition coefficient (Wildman–Crippen LogP) is 1.77. The van der Waals surface area contributed by atoms with Crippen molar-refractivity contribution in [2.24, 2.45) is 0 Å². The fourth-order valence-corrected chi connectivity index (χ4v) is 2.83. The van der Waals surface area contributed by atoms with E-state index in [4.69, 9.17) is 4.74 Å². The largest absolute Gasteiger partial charge is 0.377 e. The van der Waals surface area contributed by atoms with Crippen molar-refractivity contribution in [3.8, 4) is 0 Å². The van der Waals surface area contributed by atoms with Gasteiger partial charge in [0.05, 0.1) is 36.7 Å². The van der Waals surface area contributed by atoms with Gasteiger partial charge in [0.1, 0.15) is 5.82 Å². The molecule has 7 heteroatoms. The third-order valence-electron chi connectivity index (χ3n) is 3.86. The lowest BCUT2D eigenvalue weighted by Gasteiger charge is -2.36. The molecule has 0 bridgehead atoms. The van der Waals surface area contributed by atoms with E-state index in [1.807, 2.05) is 13.8 Å². The Bertz CT molecular complexity index is 681. The van der Waals surface area contributed by atoms with E-state index in [0.29, 0.717) is 19.8 Å². The molecule has 3 heterocycles. The number of carbonyl (C=O) groups is 1. The van der Waals surface area contributed by atoms with Crippen molar-refractivity contribution in [1.82, 2.24) is 20.1 Å². The molecule has 1 fully saturated rings. The molecule has 1 aliphatic heterocycles. The van der Waals surface area contributed by atoms with E-state index < -0.39 is 5.82 Å². The molecule has 0 aliphatic carbocycles. The predicted molar refractivity (Wildman–Crippen MR) is 76.9 cm³/mol. The lowest BCUT2D eigenvalue weighted by molar-refractivity contribution is -0.00306. The second kappa shape index (κ2) is 5.84. The van der Waals surface area contributed by atoms with Crippen LogP contribution in [0.15, 0.2) is 18.5 Å². The molecule has 1 N–H and O–H groups in total. The van der Waals surface area contributed by atoms with Crippen LogP contribution in [0.25, 0.3) is 0 Å². The lowest BCUT2D eigenvalue weighted by Crippen LogP contribution is -2.43. The summed E-state index contributed by atoms with van der Waals surface area (Å²) in [6.07, 6.45) is 2.46. The summed E-state index contributed by atoms with van der Waals surface area (Å²) in [6, 6.07) is 0.972. The number of pyridine rings is 1. The molecule has 0 spiro atoms. The molecular formula is C15H17FN4O2. The van der Waals surface area contributed by atoms with E-state index in [1.165, 1.54) is 12.3 Å². The van der Waals surface area contributed by atoms with Gasteiger partial charge in [-0.1, -0.05) is 0 Å². The molecular weight excluding hydrogens is 287 g/mol. The number of nitrogens with zero attached hydrogens (tertiary/aromatic N) is 3. The van der Waals surface area contributed by atoms with E-state index in [9.17, 15) is 9.18 Å². The number of ether oxygens (including phenoxy) is 1. The minimum Gasteiger partial charge on any atom is -0.377 e. The highest BCUT2D eigenvalue weighted by Crippen LogP contribution is 2.29. The Morgan fingerprint density at radius 3 is 2.95 bits per heavy atom. The van der Waals surface area contributed by atoms with Crippen molar-refractivity contribution in [1.29, 1.82) is 0 Å². The van der Waals surface area contributed by atoms with Crippen molar-refractivity contribution in [3.63, 3.8) is 0 Å². The average Bonchev–Trinajstić information content (AvgIpc) is 2.85. The first-order valence-corrected chi connectivity index (χ1v) is 7.08. The first-order valence-electron chi connectivity index (χ1n) is 7.08. The minimum atomic E-state index is -0.522. The standard InChI is InChI=1S/C15H17FN4O2/c1-9-14(10(2)19-18-9)13-8-22-4-3-20(13)15(21)11-5-12(16)7-17-6-11/h5-7,13H,3-4,8H2,1-2H3,(H,18,19). The normalized spacial score (nSPS) is 18.5. The molecule has 22 heavy (non-hydrogen) atoms. The topological polar surface area (TPSA) is 71.1 Å². The van der Waals surface area contributed by atoms with Crippen LogP contribution in [0.2, 0.25) is 0 Å². The quantitative estimate of drug-likeness (QED) is 0.918. The maximum absolute atomic E-state index is 13.3. The third-order valence-corrected chi connectivity index (χ3v) is 3.86. The minimum absolute atomic E-state index is 0.233. The number of hydrogen-bond acceptors (Lipinski definition) is 4. The fraction of sp³-hybridized carbons (Fsp3) is 0.400. The number of carbonyl (C=O) groups excluding carboxylic acids is 1. The van der Waals surface area contributed by atoms with Crippen molar-refractivity contribution in [2.75, 3.05) is 19.8 Å². The highest BCUT2D eigenvalue weighted by Gasteiger charge is 2.32. The van der Waals surface area contributed by atoms with Crippen molar-refractivity contribution in [2.45, 2.75) is 19.9 Å². The van der Waals surface area contributed by atoms with Crippen LogP contribution in [0.4, 0.5) is 4.39 Å². The maximum atomic E-state index is 13.3. The number of halogens is 1. The van der Waals surface area contributed by atoms with Gasteiger partial charge in [-0.05, 0) is 19.9 Å². The molecule has 116 valence electrons. The molecule has 1 unspecified atom stereocenters. The highest BCUT2D eigenvalue weighted by molar-refractivity contribution is 5.94. The van der Waals surface area contributed by atoms with Gasteiger partial charge in [-0.15, -0.1) is 0 Å². The Hall–Kier alpha value is -2.28. The summed E-state index contributed by atoms with van der Waals surface area (Å²) < 4.78 is 18.9. The lowest BCUT2D eigenvalue weighted by atomic mass is 10.0. The molecule has 3 rings (SSSR count).